The molecule has 182 valence electrons. The number of hydrogen-bond donors (Lipinski definition) is 0. The van der Waals surface area contributed by atoms with Crippen molar-refractivity contribution < 1.29 is 14.5 Å². The van der Waals surface area contributed by atoms with Crippen LogP contribution < -0.4 is 9.64 Å². The molecule has 6 nitrogen and oxygen atoms in total. The van der Waals surface area contributed by atoms with Crippen LogP contribution in [0.5, 0.6) is 5.75 Å². The molecule has 1 amide bonds. The molecule has 1 rings (SSSR count). The second-order valence-electron chi connectivity index (χ2n) is 8.76. The number of benzene rings is 1. The highest BCUT2D eigenvalue weighted by atomic mass is 16.6. The molecule has 0 aliphatic carbocycles. The molecule has 0 fully saturated rings. The number of unbranched alkanes of at least 4 members (excludes halogenated alkanes) is 14. The number of carbonyl (C=O) groups excluding carboxylic acids is 1. The van der Waals surface area contributed by atoms with Crippen LogP contribution in [0.2, 0.25) is 0 Å². The van der Waals surface area contributed by atoms with E-state index in [1.807, 2.05) is 0 Å². The van der Waals surface area contributed by atoms with Gasteiger partial charge in [-0.05, 0) is 18.6 Å². The van der Waals surface area contributed by atoms with Gasteiger partial charge >= 0.3 is 0 Å². The number of ether oxygens (including phenoxy) is 1. The van der Waals surface area contributed by atoms with Gasteiger partial charge in [-0.2, -0.15) is 0 Å². The zero-order valence-corrected chi connectivity index (χ0v) is 20.6. The molecule has 0 N–H and O–H groups in total. The number of nitro benzene ring substituents is 1. The van der Waals surface area contributed by atoms with E-state index in [4.69, 9.17) is 4.74 Å². The fraction of sp³-hybridized carbons (Fsp3) is 0.731. The molecular formula is C26H44N2O4. The van der Waals surface area contributed by atoms with E-state index in [1.54, 1.807) is 19.2 Å². The molecule has 0 atom stereocenters. The lowest BCUT2D eigenvalue weighted by Crippen LogP contribution is -2.26. The Labute approximate surface area is 194 Å². The number of rotatable bonds is 19. The molecule has 0 spiro atoms. The van der Waals surface area contributed by atoms with E-state index >= 15 is 0 Å². The van der Waals surface area contributed by atoms with Gasteiger partial charge < -0.3 is 9.64 Å². The van der Waals surface area contributed by atoms with Crippen LogP contribution in [-0.4, -0.2) is 25.0 Å². The average molecular weight is 449 g/mol. The normalized spacial score (nSPS) is 10.8. The quantitative estimate of drug-likeness (QED) is 0.123. The summed E-state index contributed by atoms with van der Waals surface area (Å²) in [7, 11) is 3.06. The van der Waals surface area contributed by atoms with Crippen molar-refractivity contribution in [3.63, 3.8) is 0 Å². The van der Waals surface area contributed by atoms with Crippen molar-refractivity contribution in [1.29, 1.82) is 0 Å². The van der Waals surface area contributed by atoms with Crippen LogP contribution in [0.3, 0.4) is 0 Å². The molecule has 0 saturated heterocycles. The summed E-state index contributed by atoms with van der Waals surface area (Å²) >= 11 is 0. The summed E-state index contributed by atoms with van der Waals surface area (Å²) in [5.41, 5.74) is 0.193. The number of carbonyl (C=O) groups is 1. The first kappa shape index (κ1) is 27.9. The second-order valence-corrected chi connectivity index (χ2v) is 8.76. The predicted octanol–water partition coefficient (Wildman–Crippen LogP) is 7.83. The topological polar surface area (TPSA) is 72.7 Å². The average Bonchev–Trinajstić information content (AvgIpc) is 2.80. The van der Waals surface area contributed by atoms with Crippen LogP contribution in [0.25, 0.3) is 0 Å². The zero-order valence-electron chi connectivity index (χ0n) is 20.6. The molecule has 1 aromatic rings. The number of amides is 1. The second kappa shape index (κ2) is 17.4. The lowest BCUT2D eigenvalue weighted by atomic mass is 10.0. The van der Waals surface area contributed by atoms with Gasteiger partial charge in [0, 0.05) is 13.5 Å². The summed E-state index contributed by atoms with van der Waals surface area (Å²) in [5, 5.41) is 11.3. The number of nitro groups is 1. The van der Waals surface area contributed by atoms with E-state index in [2.05, 4.69) is 6.92 Å². The highest BCUT2D eigenvalue weighted by molar-refractivity contribution is 5.95. The Morgan fingerprint density at radius 2 is 1.34 bits per heavy atom. The highest BCUT2D eigenvalue weighted by Gasteiger charge is 2.22. The van der Waals surface area contributed by atoms with Gasteiger partial charge in [0.25, 0.3) is 5.69 Å². The minimum atomic E-state index is -0.477. The van der Waals surface area contributed by atoms with Crippen LogP contribution in [0.4, 0.5) is 11.4 Å². The lowest BCUT2D eigenvalue weighted by molar-refractivity contribution is -0.384. The molecule has 0 saturated carbocycles. The summed E-state index contributed by atoms with van der Waals surface area (Å²) in [4.78, 5) is 24.7. The minimum Gasteiger partial charge on any atom is -0.496 e. The van der Waals surface area contributed by atoms with Crippen molar-refractivity contribution in [3.8, 4) is 5.75 Å². The Morgan fingerprint density at radius 1 is 0.875 bits per heavy atom. The Morgan fingerprint density at radius 3 is 1.78 bits per heavy atom. The third-order valence-corrected chi connectivity index (χ3v) is 6.11. The monoisotopic (exact) mass is 448 g/mol. The first-order valence-corrected chi connectivity index (χ1v) is 12.6. The summed E-state index contributed by atoms with van der Waals surface area (Å²) in [6.45, 7) is 2.26. The van der Waals surface area contributed by atoms with Gasteiger partial charge in [0.05, 0.1) is 18.1 Å². The van der Waals surface area contributed by atoms with Crippen LogP contribution in [0.15, 0.2) is 18.2 Å². The van der Waals surface area contributed by atoms with Crippen molar-refractivity contribution in [2.24, 2.45) is 0 Å². The fourth-order valence-corrected chi connectivity index (χ4v) is 4.01. The van der Waals surface area contributed by atoms with Crippen molar-refractivity contribution in [3.05, 3.63) is 28.3 Å². The summed E-state index contributed by atoms with van der Waals surface area (Å²) in [5.74, 6) is 0.316. The van der Waals surface area contributed by atoms with Gasteiger partial charge in [0.1, 0.15) is 11.4 Å². The van der Waals surface area contributed by atoms with Gasteiger partial charge in [-0.25, -0.2) is 0 Å². The number of methoxy groups -OCH3 is 1. The summed E-state index contributed by atoms with van der Waals surface area (Å²) < 4.78 is 5.05. The van der Waals surface area contributed by atoms with Crippen molar-refractivity contribution in [2.75, 3.05) is 19.1 Å². The van der Waals surface area contributed by atoms with E-state index in [0.717, 1.165) is 19.3 Å². The summed E-state index contributed by atoms with van der Waals surface area (Å²) in [6, 6.07) is 4.56. The molecule has 0 heterocycles. The van der Waals surface area contributed by atoms with Gasteiger partial charge in [-0.15, -0.1) is 0 Å². The summed E-state index contributed by atoms with van der Waals surface area (Å²) in [6.07, 6.45) is 19.7. The molecule has 6 heteroatoms. The molecule has 0 bridgehead atoms. The Hall–Kier alpha value is -2.11. The van der Waals surface area contributed by atoms with Gasteiger partial charge in [-0.1, -0.05) is 96.8 Å². The molecule has 0 unspecified atom stereocenters. The first-order chi connectivity index (χ1) is 15.5. The van der Waals surface area contributed by atoms with Crippen LogP contribution in [-0.2, 0) is 4.79 Å². The smallest absolute Gasteiger partial charge is 0.296 e. The fourth-order valence-electron chi connectivity index (χ4n) is 4.01. The Bertz CT molecular complexity index is 663. The Kier molecular flexibility index (Phi) is 15.2. The third-order valence-electron chi connectivity index (χ3n) is 6.11. The SMILES string of the molecule is CCCCCCCCCCCCCCCCCC(=O)N(C)c1ccc(OC)cc1[N+](=O)[O-]. The van der Waals surface area contributed by atoms with Crippen molar-refractivity contribution in [2.45, 2.75) is 110 Å². The standard InChI is InChI=1S/C26H44N2O4/c1-4-5-6-7-8-9-10-11-12-13-14-15-16-17-18-19-26(29)27(2)24-21-20-23(32-3)22-25(24)28(30)31/h20-22H,4-19H2,1-3H3. The van der Waals surface area contributed by atoms with Crippen molar-refractivity contribution in [1.82, 2.24) is 0 Å². The van der Waals surface area contributed by atoms with E-state index in [9.17, 15) is 14.9 Å². The van der Waals surface area contributed by atoms with Crippen molar-refractivity contribution >= 4 is 17.3 Å². The maximum atomic E-state index is 12.5. The van der Waals surface area contributed by atoms with E-state index in [-0.39, 0.29) is 11.6 Å². The predicted molar refractivity (Wildman–Crippen MR) is 133 cm³/mol. The molecule has 0 aliphatic heterocycles. The molecule has 0 aliphatic rings. The lowest BCUT2D eigenvalue weighted by Gasteiger charge is -2.17. The van der Waals surface area contributed by atoms with Gasteiger partial charge in [0.15, 0.2) is 0 Å². The molecule has 0 aromatic heterocycles. The maximum Gasteiger partial charge on any atom is 0.296 e. The van der Waals surface area contributed by atoms with Crippen LogP contribution in [0.1, 0.15) is 110 Å². The van der Waals surface area contributed by atoms with E-state index in [1.165, 1.54) is 95.1 Å². The largest absolute Gasteiger partial charge is 0.496 e. The molecule has 1 aromatic carbocycles. The van der Waals surface area contributed by atoms with E-state index < -0.39 is 4.92 Å². The minimum absolute atomic E-state index is 0.0899. The third kappa shape index (κ3) is 11.5. The molecule has 0 radical (unpaired) electrons. The Balaban J connectivity index is 2.10. The number of nitrogens with zero attached hydrogens (tertiary/aromatic N) is 2. The highest BCUT2D eigenvalue weighted by Crippen LogP contribution is 2.31. The maximum absolute atomic E-state index is 12.5. The number of hydrogen-bond acceptors (Lipinski definition) is 4. The molecule has 32 heavy (non-hydrogen) atoms. The first-order valence-electron chi connectivity index (χ1n) is 12.6. The van der Waals surface area contributed by atoms with Gasteiger partial charge in [-0.3, -0.25) is 14.9 Å². The van der Waals surface area contributed by atoms with Crippen LogP contribution in [0, 0.1) is 10.1 Å². The number of anilines is 1. The van der Waals surface area contributed by atoms with E-state index in [0.29, 0.717) is 17.9 Å². The zero-order chi connectivity index (χ0) is 23.6. The molecular weight excluding hydrogens is 404 g/mol. The van der Waals surface area contributed by atoms with Gasteiger partial charge in [0.2, 0.25) is 5.91 Å². The van der Waals surface area contributed by atoms with Crippen LogP contribution >= 0.6 is 0 Å².